The van der Waals surface area contributed by atoms with E-state index in [-0.39, 0.29) is 12.1 Å². The maximum Gasteiger partial charge on any atom is 0.573 e. The third kappa shape index (κ3) is 3.74. The molecule has 1 nitrogen and oxygen atoms in total. The molecule has 0 bridgehead atoms. The van der Waals surface area contributed by atoms with Gasteiger partial charge in [0.1, 0.15) is 5.75 Å². The molecule has 0 N–H and O–H groups in total. The Balaban J connectivity index is 3.22. The molecular weight excluding hydrogens is 276 g/mol. The SMILES string of the molecule is FC(F)c1ccc(OC(F)(F)F)cc1C(F)(F)F. The van der Waals surface area contributed by atoms with Crippen LogP contribution in [-0.4, -0.2) is 6.36 Å². The van der Waals surface area contributed by atoms with Gasteiger partial charge in [-0.15, -0.1) is 13.2 Å². The van der Waals surface area contributed by atoms with Crippen LogP contribution >= 0.6 is 0 Å². The zero-order chi connectivity index (χ0) is 14.1. The minimum Gasteiger partial charge on any atom is -0.406 e. The van der Waals surface area contributed by atoms with E-state index in [9.17, 15) is 35.1 Å². The Morgan fingerprint density at radius 2 is 1.50 bits per heavy atom. The second kappa shape index (κ2) is 4.62. The highest BCUT2D eigenvalue weighted by Crippen LogP contribution is 2.39. The molecule has 0 spiro atoms. The standard InChI is InChI=1S/C9H4F8O/c10-7(11)5-2-1-4(18-9(15,16)17)3-6(5)8(12,13)14/h1-3,7H. The monoisotopic (exact) mass is 280 g/mol. The van der Waals surface area contributed by atoms with Crippen molar-refractivity contribution < 1.29 is 39.9 Å². The molecule has 0 aliphatic heterocycles. The topological polar surface area (TPSA) is 9.23 Å². The summed E-state index contributed by atoms with van der Waals surface area (Å²) in [4.78, 5) is 0. The number of benzene rings is 1. The summed E-state index contributed by atoms with van der Waals surface area (Å²) in [6.07, 6.45) is -13.9. The molecule has 18 heavy (non-hydrogen) atoms. The second-order valence-electron chi connectivity index (χ2n) is 3.10. The van der Waals surface area contributed by atoms with Crippen LogP contribution in [0.25, 0.3) is 0 Å². The average Bonchev–Trinajstić information content (AvgIpc) is 2.13. The van der Waals surface area contributed by atoms with Crippen LogP contribution in [-0.2, 0) is 6.18 Å². The van der Waals surface area contributed by atoms with Gasteiger partial charge in [0.05, 0.1) is 5.56 Å². The fraction of sp³-hybridized carbons (Fsp3) is 0.333. The number of alkyl halides is 8. The Hall–Kier alpha value is -1.54. The highest BCUT2D eigenvalue weighted by molar-refractivity contribution is 5.38. The molecule has 0 aliphatic carbocycles. The van der Waals surface area contributed by atoms with Crippen molar-refractivity contribution in [1.82, 2.24) is 0 Å². The zero-order valence-electron chi connectivity index (χ0n) is 8.24. The van der Waals surface area contributed by atoms with E-state index in [0.717, 1.165) is 0 Å². The van der Waals surface area contributed by atoms with Gasteiger partial charge in [0.2, 0.25) is 0 Å². The van der Waals surface area contributed by atoms with E-state index >= 15 is 0 Å². The molecule has 0 unspecified atom stereocenters. The van der Waals surface area contributed by atoms with Crippen LogP contribution in [0.5, 0.6) is 5.75 Å². The average molecular weight is 280 g/mol. The summed E-state index contributed by atoms with van der Waals surface area (Å²) in [5.74, 6) is -1.21. The molecular formula is C9H4F8O. The molecule has 1 aromatic carbocycles. The molecule has 0 atom stereocenters. The highest BCUT2D eigenvalue weighted by atomic mass is 19.4. The van der Waals surface area contributed by atoms with Crippen molar-refractivity contribution in [2.45, 2.75) is 19.0 Å². The molecule has 0 radical (unpaired) electrons. The van der Waals surface area contributed by atoms with E-state index in [1.165, 1.54) is 0 Å². The summed E-state index contributed by atoms with van der Waals surface area (Å²) in [6, 6.07) is 0.522. The Morgan fingerprint density at radius 3 is 1.89 bits per heavy atom. The van der Waals surface area contributed by atoms with Crippen LogP contribution in [0.2, 0.25) is 0 Å². The summed E-state index contributed by atoms with van der Waals surface area (Å²) in [7, 11) is 0. The lowest BCUT2D eigenvalue weighted by Crippen LogP contribution is -2.18. The summed E-state index contributed by atoms with van der Waals surface area (Å²) < 4.78 is 100. The molecule has 0 fully saturated rings. The van der Waals surface area contributed by atoms with Gasteiger partial charge in [-0.3, -0.25) is 0 Å². The zero-order valence-corrected chi connectivity index (χ0v) is 8.24. The van der Waals surface area contributed by atoms with E-state index in [2.05, 4.69) is 4.74 Å². The van der Waals surface area contributed by atoms with Gasteiger partial charge in [-0.1, -0.05) is 0 Å². The minimum absolute atomic E-state index is 0.116. The third-order valence-electron chi connectivity index (χ3n) is 1.80. The summed E-state index contributed by atoms with van der Waals surface area (Å²) >= 11 is 0. The van der Waals surface area contributed by atoms with E-state index in [4.69, 9.17) is 0 Å². The number of ether oxygens (including phenoxy) is 1. The third-order valence-corrected chi connectivity index (χ3v) is 1.80. The lowest BCUT2D eigenvalue weighted by molar-refractivity contribution is -0.274. The Labute approximate surface area is 95.0 Å². The highest BCUT2D eigenvalue weighted by Gasteiger charge is 2.37. The van der Waals surface area contributed by atoms with Crippen molar-refractivity contribution in [1.29, 1.82) is 0 Å². The van der Waals surface area contributed by atoms with Crippen LogP contribution in [0.1, 0.15) is 17.6 Å². The Bertz CT molecular complexity index is 420. The van der Waals surface area contributed by atoms with Gasteiger partial charge < -0.3 is 4.74 Å². The lowest BCUT2D eigenvalue weighted by Gasteiger charge is -2.15. The van der Waals surface area contributed by atoms with Gasteiger partial charge in [0, 0.05) is 5.56 Å². The van der Waals surface area contributed by atoms with Crippen LogP contribution in [0.4, 0.5) is 35.1 Å². The van der Waals surface area contributed by atoms with Crippen LogP contribution in [0.3, 0.4) is 0 Å². The smallest absolute Gasteiger partial charge is 0.406 e. The fourth-order valence-electron chi connectivity index (χ4n) is 1.17. The number of hydrogen-bond acceptors (Lipinski definition) is 1. The van der Waals surface area contributed by atoms with Gasteiger partial charge in [-0.05, 0) is 18.2 Å². The van der Waals surface area contributed by atoms with Crippen molar-refractivity contribution in [2.24, 2.45) is 0 Å². The van der Waals surface area contributed by atoms with Gasteiger partial charge in [0.25, 0.3) is 6.43 Å². The first-order valence-corrected chi connectivity index (χ1v) is 4.26. The maximum absolute atomic E-state index is 12.4. The molecule has 9 heteroatoms. The van der Waals surface area contributed by atoms with Crippen molar-refractivity contribution >= 4 is 0 Å². The number of hydrogen-bond donors (Lipinski definition) is 0. The first-order chi connectivity index (χ1) is 8.00. The van der Waals surface area contributed by atoms with Gasteiger partial charge in [-0.2, -0.15) is 13.2 Å². The van der Waals surface area contributed by atoms with E-state index < -0.39 is 35.8 Å². The van der Waals surface area contributed by atoms with Crippen molar-refractivity contribution in [3.05, 3.63) is 29.3 Å². The van der Waals surface area contributed by atoms with E-state index in [1.807, 2.05) is 0 Å². The van der Waals surface area contributed by atoms with Crippen LogP contribution in [0.15, 0.2) is 18.2 Å². The van der Waals surface area contributed by atoms with E-state index in [1.54, 1.807) is 0 Å². The molecule has 0 amide bonds. The normalized spacial score (nSPS) is 12.9. The van der Waals surface area contributed by atoms with Crippen LogP contribution < -0.4 is 4.74 Å². The summed E-state index contributed by atoms with van der Waals surface area (Å²) in [5, 5.41) is 0. The molecule has 0 heterocycles. The maximum atomic E-state index is 12.4. The van der Waals surface area contributed by atoms with Gasteiger partial charge in [-0.25, -0.2) is 8.78 Å². The first kappa shape index (κ1) is 14.5. The molecule has 0 saturated heterocycles. The summed E-state index contributed by atoms with van der Waals surface area (Å²) in [6.45, 7) is 0. The van der Waals surface area contributed by atoms with Crippen molar-refractivity contribution in [2.75, 3.05) is 0 Å². The van der Waals surface area contributed by atoms with Gasteiger partial charge >= 0.3 is 12.5 Å². The molecule has 102 valence electrons. The molecule has 1 rings (SSSR count). The van der Waals surface area contributed by atoms with Crippen LogP contribution in [0, 0.1) is 0 Å². The second-order valence-corrected chi connectivity index (χ2v) is 3.10. The molecule has 0 aromatic heterocycles. The Morgan fingerprint density at radius 1 is 0.944 bits per heavy atom. The number of rotatable bonds is 2. The summed E-state index contributed by atoms with van der Waals surface area (Å²) in [5.41, 5.74) is -3.27. The largest absolute Gasteiger partial charge is 0.573 e. The first-order valence-electron chi connectivity index (χ1n) is 4.26. The molecule has 1 aromatic rings. The fourth-order valence-corrected chi connectivity index (χ4v) is 1.17. The number of halogens is 8. The Kier molecular flexibility index (Phi) is 3.72. The predicted molar refractivity (Wildman–Crippen MR) is 43.1 cm³/mol. The van der Waals surface area contributed by atoms with Crippen molar-refractivity contribution in [3.8, 4) is 5.75 Å². The predicted octanol–water partition coefficient (Wildman–Crippen LogP) is 4.54. The lowest BCUT2D eigenvalue weighted by atomic mass is 10.1. The van der Waals surface area contributed by atoms with Crippen molar-refractivity contribution in [3.63, 3.8) is 0 Å². The quantitative estimate of drug-likeness (QED) is 0.722. The molecule has 0 aliphatic rings. The van der Waals surface area contributed by atoms with E-state index in [0.29, 0.717) is 6.07 Å². The molecule has 0 saturated carbocycles. The minimum atomic E-state index is -5.20. The van der Waals surface area contributed by atoms with Gasteiger partial charge in [0.15, 0.2) is 0 Å².